The molecule has 1 aromatic carbocycles. The van der Waals surface area contributed by atoms with Crippen molar-refractivity contribution in [1.82, 2.24) is 19.8 Å². The molecule has 2 fully saturated rings. The molecule has 2 aliphatic rings. The molecule has 190 valence electrons. The largest absolute Gasteiger partial charge is 0.497 e. The molecule has 0 atom stereocenters. The van der Waals surface area contributed by atoms with Crippen LogP contribution in [0, 0.1) is 6.92 Å². The topological polar surface area (TPSA) is 100 Å². The number of nitrogens with one attached hydrogen (secondary N) is 1. The minimum absolute atomic E-state index is 0.0789. The molecule has 4 rings (SSSR count). The molecule has 10 heteroatoms. The molecule has 0 bridgehead atoms. The smallest absolute Gasteiger partial charge is 0.255 e. The highest BCUT2D eigenvalue weighted by molar-refractivity contribution is 5.76. The van der Waals surface area contributed by atoms with Gasteiger partial charge in [0.05, 0.1) is 20.3 Å². The first kappa shape index (κ1) is 25.0. The molecule has 0 radical (unpaired) electrons. The summed E-state index contributed by atoms with van der Waals surface area (Å²) in [4.78, 5) is 39.1. The Morgan fingerprint density at radius 2 is 1.74 bits per heavy atom. The van der Waals surface area contributed by atoms with E-state index in [9.17, 15) is 9.59 Å². The van der Waals surface area contributed by atoms with E-state index in [0.717, 1.165) is 31.1 Å². The van der Waals surface area contributed by atoms with Crippen molar-refractivity contribution < 1.29 is 19.0 Å². The summed E-state index contributed by atoms with van der Waals surface area (Å²) in [6, 6.07) is 7.55. The van der Waals surface area contributed by atoms with E-state index >= 15 is 0 Å². The van der Waals surface area contributed by atoms with E-state index < -0.39 is 0 Å². The minimum atomic E-state index is -0.159. The number of morpholine rings is 1. The summed E-state index contributed by atoms with van der Waals surface area (Å²) in [6.07, 6.45) is 0.704. The third-order valence-corrected chi connectivity index (χ3v) is 6.57. The Labute approximate surface area is 205 Å². The van der Waals surface area contributed by atoms with Crippen molar-refractivity contribution in [1.29, 1.82) is 0 Å². The Morgan fingerprint density at radius 1 is 1.06 bits per heavy atom. The van der Waals surface area contributed by atoms with E-state index in [1.165, 1.54) is 0 Å². The quantitative estimate of drug-likeness (QED) is 0.563. The molecule has 1 N–H and O–H groups in total. The van der Waals surface area contributed by atoms with Crippen LogP contribution < -0.4 is 19.9 Å². The van der Waals surface area contributed by atoms with Gasteiger partial charge in [-0.2, -0.15) is 0 Å². The summed E-state index contributed by atoms with van der Waals surface area (Å²) in [5, 5.41) is 0. The van der Waals surface area contributed by atoms with Crippen LogP contribution in [0.1, 0.15) is 17.7 Å². The van der Waals surface area contributed by atoms with Crippen molar-refractivity contribution in [3.8, 4) is 11.5 Å². The van der Waals surface area contributed by atoms with Crippen LogP contribution in [0.5, 0.6) is 11.5 Å². The summed E-state index contributed by atoms with van der Waals surface area (Å²) in [6.45, 7) is 8.91. The van der Waals surface area contributed by atoms with Crippen molar-refractivity contribution in [2.75, 3.05) is 77.6 Å². The lowest BCUT2D eigenvalue weighted by Crippen LogP contribution is -2.49. The number of nitrogens with zero attached hydrogens (tertiary/aromatic N) is 4. The Hall–Kier alpha value is -3.11. The first-order chi connectivity index (χ1) is 17.0. The summed E-state index contributed by atoms with van der Waals surface area (Å²) < 4.78 is 16.3. The van der Waals surface area contributed by atoms with Crippen LogP contribution >= 0.6 is 0 Å². The van der Waals surface area contributed by atoms with Gasteiger partial charge in [0.15, 0.2) is 0 Å². The normalized spacial score (nSPS) is 16.9. The van der Waals surface area contributed by atoms with Gasteiger partial charge in [-0.25, -0.2) is 4.98 Å². The second-order valence-corrected chi connectivity index (χ2v) is 8.80. The van der Waals surface area contributed by atoms with Crippen LogP contribution in [0.3, 0.4) is 0 Å². The molecule has 10 nitrogen and oxygen atoms in total. The summed E-state index contributed by atoms with van der Waals surface area (Å²) in [7, 11) is 1.64. The van der Waals surface area contributed by atoms with Crippen LogP contribution in [0.4, 0.5) is 5.95 Å². The molecule has 0 aliphatic carbocycles. The van der Waals surface area contributed by atoms with Gasteiger partial charge in [-0.15, -0.1) is 0 Å². The van der Waals surface area contributed by atoms with Gasteiger partial charge in [-0.05, 0) is 37.6 Å². The van der Waals surface area contributed by atoms with Crippen LogP contribution in [0.15, 0.2) is 29.1 Å². The SMILES string of the molecule is COc1ccc(OCCN2CCN(C(=O)CCc3c(C)nc(N4CCOCC4)[nH]c3=O)CC2)cc1. The zero-order valence-corrected chi connectivity index (χ0v) is 20.6. The first-order valence-electron chi connectivity index (χ1n) is 12.2. The third-order valence-electron chi connectivity index (χ3n) is 6.57. The molecule has 1 amide bonds. The number of aromatic nitrogens is 2. The lowest BCUT2D eigenvalue weighted by Gasteiger charge is -2.34. The fourth-order valence-electron chi connectivity index (χ4n) is 4.39. The number of carbonyl (C=O) groups excluding carboxylic acids is 1. The maximum absolute atomic E-state index is 12.8. The minimum Gasteiger partial charge on any atom is -0.497 e. The number of carbonyl (C=O) groups is 1. The molecule has 2 aliphatic heterocycles. The van der Waals surface area contributed by atoms with Crippen LogP contribution in [0.25, 0.3) is 0 Å². The molecule has 1 aromatic heterocycles. The van der Waals surface area contributed by atoms with Gasteiger partial charge in [0.2, 0.25) is 11.9 Å². The van der Waals surface area contributed by atoms with Gasteiger partial charge in [0, 0.05) is 63.5 Å². The molecule has 2 aromatic rings. The van der Waals surface area contributed by atoms with Gasteiger partial charge in [-0.3, -0.25) is 19.5 Å². The standard InChI is InChI=1S/C25H35N5O5/c1-19-22(24(32)27-25(26-19)30-14-16-34-17-15-30)7-8-23(31)29-11-9-28(10-12-29)13-18-35-21-5-3-20(33-2)4-6-21/h3-6H,7-18H2,1-2H3,(H,26,27,32). The average molecular weight is 486 g/mol. The third kappa shape index (κ3) is 6.73. The molecule has 35 heavy (non-hydrogen) atoms. The predicted octanol–water partition coefficient (Wildman–Crippen LogP) is 1.08. The number of benzene rings is 1. The second kappa shape index (κ2) is 12.0. The van der Waals surface area contributed by atoms with E-state index in [-0.39, 0.29) is 11.5 Å². The van der Waals surface area contributed by atoms with Crippen molar-refractivity contribution in [3.63, 3.8) is 0 Å². The Bertz CT molecular complexity index is 1030. The fourth-order valence-corrected chi connectivity index (χ4v) is 4.39. The summed E-state index contributed by atoms with van der Waals surface area (Å²) in [5.41, 5.74) is 1.11. The van der Waals surface area contributed by atoms with Gasteiger partial charge in [0.1, 0.15) is 18.1 Å². The lowest BCUT2D eigenvalue weighted by atomic mass is 10.1. The number of anilines is 1. The number of rotatable bonds is 9. The van der Waals surface area contributed by atoms with Gasteiger partial charge in [0.25, 0.3) is 5.56 Å². The molecular weight excluding hydrogens is 450 g/mol. The molecule has 3 heterocycles. The van der Waals surface area contributed by atoms with Crippen molar-refractivity contribution in [3.05, 3.63) is 45.9 Å². The maximum Gasteiger partial charge on any atom is 0.255 e. The molecule has 0 saturated carbocycles. The molecule has 0 unspecified atom stereocenters. The zero-order chi connectivity index (χ0) is 24.6. The van der Waals surface area contributed by atoms with Crippen LogP contribution in [0.2, 0.25) is 0 Å². The average Bonchev–Trinajstić information content (AvgIpc) is 2.89. The van der Waals surface area contributed by atoms with Crippen LogP contribution in [-0.2, 0) is 16.0 Å². The number of H-pyrrole nitrogens is 1. The number of amides is 1. The summed E-state index contributed by atoms with van der Waals surface area (Å²) in [5.74, 6) is 2.28. The van der Waals surface area contributed by atoms with Crippen LogP contribution in [-0.4, -0.2) is 98.4 Å². The number of aryl methyl sites for hydroxylation is 1. The molecule has 0 spiro atoms. The monoisotopic (exact) mass is 485 g/mol. The van der Waals surface area contributed by atoms with E-state index in [2.05, 4.69) is 14.9 Å². The maximum atomic E-state index is 12.8. The van der Waals surface area contributed by atoms with Gasteiger partial charge >= 0.3 is 0 Å². The van der Waals surface area contributed by atoms with Gasteiger partial charge in [-0.1, -0.05) is 0 Å². The van der Waals surface area contributed by atoms with Crippen molar-refractivity contribution in [2.45, 2.75) is 19.8 Å². The zero-order valence-electron chi connectivity index (χ0n) is 20.6. The van der Waals surface area contributed by atoms with Gasteiger partial charge < -0.3 is 24.0 Å². The van der Waals surface area contributed by atoms with E-state index in [1.54, 1.807) is 7.11 Å². The molecular formula is C25H35N5O5. The number of hydrogen-bond donors (Lipinski definition) is 1. The second-order valence-electron chi connectivity index (χ2n) is 8.80. The highest BCUT2D eigenvalue weighted by Crippen LogP contribution is 2.17. The van der Waals surface area contributed by atoms with Crippen molar-refractivity contribution in [2.24, 2.45) is 0 Å². The Balaban J connectivity index is 1.19. The van der Waals surface area contributed by atoms with E-state index in [1.807, 2.05) is 41.0 Å². The predicted molar refractivity (Wildman–Crippen MR) is 132 cm³/mol. The number of aromatic amines is 1. The first-order valence-corrected chi connectivity index (χ1v) is 12.2. The lowest BCUT2D eigenvalue weighted by molar-refractivity contribution is -0.132. The highest BCUT2D eigenvalue weighted by atomic mass is 16.5. The van der Waals surface area contributed by atoms with E-state index in [4.69, 9.17) is 14.2 Å². The number of methoxy groups -OCH3 is 1. The number of hydrogen-bond acceptors (Lipinski definition) is 8. The summed E-state index contributed by atoms with van der Waals surface area (Å²) >= 11 is 0. The van der Waals surface area contributed by atoms with E-state index in [0.29, 0.717) is 76.0 Å². The molecule has 2 saturated heterocycles. The Kier molecular flexibility index (Phi) is 8.59. The fraction of sp³-hybridized carbons (Fsp3) is 0.560. The highest BCUT2D eigenvalue weighted by Gasteiger charge is 2.22. The van der Waals surface area contributed by atoms with Crippen molar-refractivity contribution >= 4 is 11.9 Å². The Morgan fingerprint density at radius 3 is 2.40 bits per heavy atom. The number of ether oxygens (including phenoxy) is 3. The number of piperazine rings is 1.